The van der Waals surface area contributed by atoms with Crippen molar-refractivity contribution in [2.24, 2.45) is 0 Å². The van der Waals surface area contributed by atoms with E-state index < -0.39 is 28.7 Å². The van der Waals surface area contributed by atoms with Crippen molar-refractivity contribution in [3.05, 3.63) is 98.2 Å². The van der Waals surface area contributed by atoms with Gasteiger partial charge >= 0.3 is 0 Å². The van der Waals surface area contributed by atoms with E-state index >= 15 is 0 Å². The van der Waals surface area contributed by atoms with Crippen molar-refractivity contribution < 1.29 is 23.9 Å². The molecule has 228 valence electrons. The van der Waals surface area contributed by atoms with Gasteiger partial charge in [-0.25, -0.2) is 0 Å². The van der Waals surface area contributed by atoms with Gasteiger partial charge in [-0.15, -0.1) is 45.3 Å². The molecule has 1 spiro atoms. The van der Waals surface area contributed by atoms with E-state index in [2.05, 4.69) is 12.1 Å². The highest BCUT2D eigenvalue weighted by atomic mass is 32.1. The minimum atomic E-state index is -0.450. The Morgan fingerprint density at radius 1 is 0.574 bits per heavy atom. The summed E-state index contributed by atoms with van der Waals surface area (Å²) in [5.74, 6) is -0.832. The van der Waals surface area contributed by atoms with Crippen molar-refractivity contribution in [2.45, 2.75) is 37.7 Å². The van der Waals surface area contributed by atoms with E-state index in [1.54, 1.807) is 69.6 Å². The van der Waals surface area contributed by atoms with Crippen LogP contribution in [0.5, 0.6) is 5.75 Å². The molecule has 10 rings (SSSR count). The first-order valence-electron chi connectivity index (χ1n) is 15.5. The zero-order chi connectivity index (χ0) is 31.6. The molecule has 0 atom stereocenters. The number of allylic oxidation sites excluding steroid dienone is 2. The summed E-state index contributed by atoms with van der Waals surface area (Å²) in [5.41, 5.74) is 4.13. The third kappa shape index (κ3) is 3.85. The minimum absolute atomic E-state index is 0.427. The molecule has 4 aliphatic rings. The number of carbonyl (C=O) groups excluding carboxylic acids is 4. The highest BCUT2D eigenvalue weighted by molar-refractivity contribution is 7.35. The predicted molar refractivity (Wildman–Crippen MR) is 191 cm³/mol. The van der Waals surface area contributed by atoms with Gasteiger partial charge in [0.2, 0.25) is 23.1 Å². The molecule has 0 amide bonds. The van der Waals surface area contributed by atoms with Crippen molar-refractivity contribution in [1.29, 1.82) is 0 Å². The Balaban J connectivity index is 1.10. The van der Waals surface area contributed by atoms with Crippen LogP contribution in [0, 0.1) is 0 Å². The number of fused-ring (bicyclic) bond motifs is 10. The van der Waals surface area contributed by atoms with Crippen molar-refractivity contribution in [2.75, 3.05) is 0 Å². The van der Waals surface area contributed by atoms with Crippen LogP contribution < -0.4 is 4.74 Å². The van der Waals surface area contributed by atoms with Gasteiger partial charge in [-0.3, -0.25) is 19.2 Å². The fourth-order valence-electron chi connectivity index (χ4n) is 7.61. The molecule has 0 radical (unpaired) electrons. The smallest absolute Gasteiger partial charge is 0.234 e. The summed E-state index contributed by atoms with van der Waals surface area (Å²) >= 11 is 6.81. The van der Waals surface area contributed by atoms with Gasteiger partial charge in [-0.2, -0.15) is 0 Å². The molecule has 0 N–H and O–H groups in total. The Morgan fingerprint density at radius 2 is 1.09 bits per heavy atom. The number of hydrogen-bond donors (Lipinski definition) is 0. The first kappa shape index (κ1) is 27.8. The van der Waals surface area contributed by atoms with Crippen LogP contribution in [0.3, 0.4) is 0 Å². The van der Waals surface area contributed by atoms with E-state index in [1.165, 1.54) is 26.3 Å². The number of thiophene rings is 4. The molecule has 4 aromatic heterocycles. The predicted octanol–water partition coefficient (Wildman–Crippen LogP) is 10.1. The Labute approximate surface area is 284 Å². The van der Waals surface area contributed by atoms with Crippen LogP contribution in [0.25, 0.3) is 51.9 Å². The number of ether oxygens (including phenoxy) is 1. The molecular formula is C38H22O5S4. The van der Waals surface area contributed by atoms with Crippen LogP contribution in [0.15, 0.2) is 60.7 Å². The van der Waals surface area contributed by atoms with E-state index in [0.29, 0.717) is 33.4 Å². The molecule has 0 saturated heterocycles. The zero-order valence-electron chi connectivity index (χ0n) is 24.6. The molecule has 47 heavy (non-hydrogen) atoms. The number of ketones is 4. The van der Waals surface area contributed by atoms with Crippen LogP contribution in [0.2, 0.25) is 0 Å². The van der Waals surface area contributed by atoms with Crippen LogP contribution in [-0.4, -0.2) is 23.1 Å². The van der Waals surface area contributed by atoms with E-state index in [0.717, 1.165) is 55.5 Å². The van der Waals surface area contributed by atoms with Gasteiger partial charge in [-0.05, 0) is 61.1 Å². The maximum Gasteiger partial charge on any atom is 0.234 e. The fourth-order valence-corrected chi connectivity index (χ4v) is 13.0. The lowest BCUT2D eigenvalue weighted by molar-refractivity contribution is -0.110. The third-order valence-electron chi connectivity index (χ3n) is 9.74. The monoisotopic (exact) mass is 686 g/mol. The molecule has 5 heterocycles. The second kappa shape index (κ2) is 9.87. The van der Waals surface area contributed by atoms with Gasteiger partial charge < -0.3 is 4.74 Å². The molecule has 0 unspecified atom stereocenters. The number of carbonyl (C=O) groups is 4. The van der Waals surface area contributed by atoms with E-state index in [9.17, 15) is 19.2 Å². The quantitative estimate of drug-likeness (QED) is 0.134. The Morgan fingerprint density at radius 3 is 1.68 bits per heavy atom. The summed E-state index contributed by atoms with van der Waals surface area (Å²) in [6.45, 7) is 0. The molecule has 1 aliphatic heterocycles. The maximum atomic E-state index is 12.9. The molecule has 9 heteroatoms. The average molecular weight is 687 g/mol. The highest BCUT2D eigenvalue weighted by Crippen LogP contribution is 2.62. The van der Waals surface area contributed by atoms with Crippen LogP contribution in [0.1, 0.15) is 79.3 Å². The Hall–Kier alpha value is -4.28. The first-order chi connectivity index (χ1) is 22.9. The van der Waals surface area contributed by atoms with Crippen LogP contribution in [0.4, 0.5) is 0 Å². The van der Waals surface area contributed by atoms with Crippen LogP contribution in [-0.2, 0) is 15.2 Å². The van der Waals surface area contributed by atoms with Crippen LogP contribution >= 0.6 is 45.3 Å². The second-order valence-electron chi connectivity index (χ2n) is 12.4. The SMILES string of the molecule is O=C1C(=O)c2ccccc2/C1=C/c1cc2sc3c(c2s1)OC1(CCCCC1)c1c-3sc2cc(/C=C3\C(=O)C(=O)c4ccccc43)sc12. The zero-order valence-corrected chi connectivity index (χ0v) is 27.9. The topological polar surface area (TPSA) is 77.5 Å². The molecule has 3 aliphatic carbocycles. The summed E-state index contributed by atoms with van der Waals surface area (Å²) in [5, 5.41) is 0. The van der Waals surface area contributed by atoms with Gasteiger partial charge in [0, 0.05) is 42.3 Å². The Bertz CT molecular complexity index is 2500. The minimum Gasteiger partial charge on any atom is -0.479 e. The van der Waals surface area contributed by atoms with Crippen molar-refractivity contribution in [1.82, 2.24) is 0 Å². The van der Waals surface area contributed by atoms with E-state index in [1.807, 2.05) is 36.4 Å². The largest absolute Gasteiger partial charge is 0.479 e. The number of hydrogen-bond acceptors (Lipinski definition) is 9. The molecule has 2 aromatic carbocycles. The van der Waals surface area contributed by atoms with Gasteiger partial charge in [0.1, 0.15) is 5.60 Å². The van der Waals surface area contributed by atoms with Gasteiger partial charge in [0.15, 0.2) is 5.75 Å². The average Bonchev–Trinajstić information content (AvgIpc) is 3.91. The molecule has 6 aromatic rings. The fraction of sp³-hybridized carbons (Fsp3) is 0.158. The normalized spacial score (nSPS) is 19.7. The van der Waals surface area contributed by atoms with Crippen molar-refractivity contribution in [3.63, 3.8) is 0 Å². The third-order valence-corrected chi connectivity index (χ3v) is 14.6. The van der Waals surface area contributed by atoms with Gasteiger partial charge in [0.05, 0.1) is 23.9 Å². The lowest BCUT2D eigenvalue weighted by Crippen LogP contribution is -2.37. The van der Waals surface area contributed by atoms with E-state index in [4.69, 9.17) is 4.74 Å². The van der Waals surface area contributed by atoms with Crippen molar-refractivity contribution in [3.8, 4) is 15.5 Å². The number of benzene rings is 2. The molecule has 1 saturated carbocycles. The molecule has 1 fully saturated rings. The lowest BCUT2D eigenvalue weighted by atomic mass is 9.78. The van der Waals surface area contributed by atoms with Gasteiger partial charge in [0.25, 0.3) is 0 Å². The molecule has 5 nitrogen and oxygen atoms in total. The summed E-state index contributed by atoms with van der Waals surface area (Å²) < 4.78 is 11.8. The standard InChI is InChI=1S/C38H22O5S4/c39-29-22-10-4-2-8-20(22)24(31(29)41)14-18-16-26-34(44-18)28-36(46-26)37-33(43-38(28)12-6-1-7-13-38)35-27(47-37)17-19(45-35)15-25-21-9-3-5-11-23(21)30(40)32(25)42/h2-5,8-11,14-17H,1,6-7,12-13H2/b24-14-,25-15-. The maximum absolute atomic E-state index is 12.9. The first-order valence-corrected chi connectivity index (χ1v) is 18.8. The summed E-state index contributed by atoms with van der Waals surface area (Å²) in [6, 6.07) is 18.7. The van der Waals surface area contributed by atoms with E-state index in [-0.39, 0.29) is 0 Å². The molecule has 0 bridgehead atoms. The summed E-state index contributed by atoms with van der Waals surface area (Å²) in [4.78, 5) is 55.4. The lowest BCUT2D eigenvalue weighted by Gasteiger charge is -2.40. The highest BCUT2D eigenvalue weighted by Gasteiger charge is 2.46. The number of Topliss-reactive ketones (excluding diaryl/α,β-unsaturated/α-hetero) is 4. The number of rotatable bonds is 2. The Kier molecular flexibility index (Phi) is 5.84. The summed E-state index contributed by atoms with van der Waals surface area (Å²) in [7, 11) is 0. The van der Waals surface area contributed by atoms with Crippen molar-refractivity contribution >= 4 is 111 Å². The summed E-state index contributed by atoms with van der Waals surface area (Å²) in [6.07, 6.45) is 8.98. The second-order valence-corrected chi connectivity index (χ2v) is 16.7. The molecular weight excluding hydrogens is 665 g/mol. The van der Waals surface area contributed by atoms with Gasteiger partial charge in [-0.1, -0.05) is 55.0 Å².